The molecule has 0 aliphatic heterocycles. The number of hydrogen-bond donors (Lipinski definition) is 0. The Morgan fingerprint density at radius 1 is 1.64 bits per heavy atom. The van der Waals surface area contributed by atoms with Gasteiger partial charge in [0.15, 0.2) is 0 Å². The molecule has 1 aromatic rings. The van der Waals surface area contributed by atoms with Crippen LogP contribution in [0, 0.1) is 0 Å². The van der Waals surface area contributed by atoms with E-state index in [-0.39, 0.29) is 4.90 Å². The van der Waals surface area contributed by atoms with E-state index in [0.717, 1.165) is 0 Å². The van der Waals surface area contributed by atoms with E-state index < -0.39 is 11.1 Å². The number of hydrogen-bond acceptors (Lipinski definition) is 4. The van der Waals surface area contributed by atoms with Gasteiger partial charge in [-0.05, 0) is 17.1 Å². The molecule has 0 aromatic carbocycles. The Kier molecular flexibility index (Phi) is 2.56. The summed E-state index contributed by atoms with van der Waals surface area (Å²) in [5.74, 6) is 0.402. The molecule has 1 rings (SSSR count). The summed E-state index contributed by atoms with van der Waals surface area (Å²) >= 11 is -2.21. The molecule has 0 fully saturated rings. The molecule has 0 bridgehead atoms. The first-order chi connectivity index (χ1) is 5.24. The molecule has 0 saturated heterocycles. The van der Waals surface area contributed by atoms with E-state index in [0.29, 0.717) is 5.88 Å². The molecule has 1 unspecified atom stereocenters. The Morgan fingerprint density at radius 2 is 2.36 bits per heavy atom. The van der Waals surface area contributed by atoms with Crippen molar-refractivity contribution in [1.29, 1.82) is 0 Å². The third kappa shape index (κ3) is 1.99. The van der Waals surface area contributed by atoms with E-state index in [1.54, 1.807) is 0 Å². The van der Waals surface area contributed by atoms with Crippen LogP contribution in [0.4, 0.5) is 0 Å². The zero-order chi connectivity index (χ0) is 8.27. The summed E-state index contributed by atoms with van der Waals surface area (Å²) in [5.41, 5.74) is 0. The van der Waals surface area contributed by atoms with Crippen LogP contribution >= 0.6 is 0 Å². The van der Waals surface area contributed by atoms with Crippen LogP contribution < -0.4 is 4.74 Å². The number of ether oxygens (including phenoxy) is 1. The molecule has 1 heterocycles. The predicted molar refractivity (Wildman–Crippen MR) is 38.0 cm³/mol. The molecule has 0 radical (unpaired) electrons. The van der Waals surface area contributed by atoms with Gasteiger partial charge in [0, 0.05) is 17.2 Å². The Labute approximate surface area is 66.5 Å². The van der Waals surface area contributed by atoms with Crippen LogP contribution in [0.3, 0.4) is 0 Å². The van der Waals surface area contributed by atoms with Crippen LogP contribution in [0.15, 0.2) is 23.2 Å². The molecule has 0 amide bonds. The smallest absolute Gasteiger partial charge is 0.212 e. The molecule has 11 heavy (non-hydrogen) atoms. The van der Waals surface area contributed by atoms with E-state index in [2.05, 4.69) is 4.98 Å². The minimum atomic E-state index is -2.21. The number of pyridine rings is 1. The second-order valence-corrected chi connectivity index (χ2v) is 2.71. The lowest BCUT2D eigenvalue weighted by Crippen LogP contribution is -1.91. The zero-order valence-electron chi connectivity index (χ0n) is 5.81. The van der Waals surface area contributed by atoms with E-state index in [1.165, 1.54) is 25.4 Å². The SMILES string of the molecule is COc1ccc(S(=O)[O-])cn1. The number of nitrogens with zero attached hydrogens (tertiary/aromatic N) is 1. The van der Waals surface area contributed by atoms with Crippen molar-refractivity contribution in [2.45, 2.75) is 4.90 Å². The normalized spacial score (nSPS) is 12.5. The van der Waals surface area contributed by atoms with E-state index in [4.69, 9.17) is 4.74 Å². The van der Waals surface area contributed by atoms with Crippen molar-refractivity contribution < 1.29 is 13.5 Å². The van der Waals surface area contributed by atoms with Gasteiger partial charge in [-0.25, -0.2) is 4.98 Å². The Bertz CT molecular complexity index is 259. The van der Waals surface area contributed by atoms with Crippen molar-refractivity contribution in [3.63, 3.8) is 0 Å². The van der Waals surface area contributed by atoms with Gasteiger partial charge >= 0.3 is 0 Å². The number of rotatable bonds is 2. The largest absolute Gasteiger partial charge is 0.768 e. The molecule has 0 aliphatic carbocycles. The molecule has 4 nitrogen and oxygen atoms in total. The van der Waals surface area contributed by atoms with Gasteiger partial charge in [-0.15, -0.1) is 0 Å². The summed E-state index contributed by atoms with van der Waals surface area (Å²) < 4.78 is 25.4. The van der Waals surface area contributed by atoms with Gasteiger partial charge in [0.05, 0.1) is 7.11 Å². The van der Waals surface area contributed by atoms with E-state index in [9.17, 15) is 8.76 Å². The summed E-state index contributed by atoms with van der Waals surface area (Å²) in [4.78, 5) is 3.86. The van der Waals surface area contributed by atoms with Crippen molar-refractivity contribution in [2.24, 2.45) is 0 Å². The standard InChI is InChI=1S/C6H7NO3S/c1-10-6-3-2-5(4-7-6)11(8)9/h2-4H,1H3,(H,8,9)/p-1. The molecule has 60 valence electrons. The van der Waals surface area contributed by atoms with Crippen LogP contribution in [0.1, 0.15) is 0 Å². The van der Waals surface area contributed by atoms with Crippen LogP contribution in [0.2, 0.25) is 0 Å². The number of methoxy groups -OCH3 is 1. The average molecular weight is 172 g/mol. The van der Waals surface area contributed by atoms with Crippen LogP contribution in [-0.4, -0.2) is 20.9 Å². The highest BCUT2D eigenvalue weighted by Crippen LogP contribution is 2.08. The summed E-state index contributed by atoms with van der Waals surface area (Å²) in [6, 6.07) is 2.92. The molecule has 0 spiro atoms. The highest BCUT2D eigenvalue weighted by Gasteiger charge is 1.93. The van der Waals surface area contributed by atoms with Crippen LogP contribution in [-0.2, 0) is 11.1 Å². The summed E-state index contributed by atoms with van der Waals surface area (Å²) in [6.07, 6.45) is 1.24. The van der Waals surface area contributed by atoms with Crippen LogP contribution in [0.5, 0.6) is 5.88 Å². The lowest BCUT2D eigenvalue weighted by Gasteiger charge is -2.03. The van der Waals surface area contributed by atoms with E-state index in [1.807, 2.05) is 0 Å². The Balaban J connectivity index is 2.91. The summed E-state index contributed by atoms with van der Waals surface area (Å²) in [6.45, 7) is 0. The molecular formula is C6H6NO3S-. The fraction of sp³-hybridized carbons (Fsp3) is 0.167. The van der Waals surface area contributed by atoms with Gasteiger partial charge < -0.3 is 9.29 Å². The lowest BCUT2D eigenvalue weighted by molar-refractivity contribution is 0.397. The van der Waals surface area contributed by atoms with Gasteiger partial charge in [0.2, 0.25) is 5.88 Å². The quantitative estimate of drug-likeness (QED) is 0.603. The first-order valence-electron chi connectivity index (χ1n) is 2.83. The maximum Gasteiger partial charge on any atom is 0.212 e. The van der Waals surface area contributed by atoms with Gasteiger partial charge in [-0.2, -0.15) is 0 Å². The minimum absolute atomic E-state index is 0.158. The van der Waals surface area contributed by atoms with Gasteiger partial charge in [-0.1, -0.05) is 0 Å². The summed E-state index contributed by atoms with van der Waals surface area (Å²) in [7, 11) is 1.47. The lowest BCUT2D eigenvalue weighted by atomic mass is 10.5. The second kappa shape index (κ2) is 3.45. The fourth-order valence-corrected chi connectivity index (χ4v) is 0.904. The Morgan fingerprint density at radius 3 is 2.73 bits per heavy atom. The molecule has 1 aromatic heterocycles. The van der Waals surface area contributed by atoms with Crippen molar-refractivity contribution in [2.75, 3.05) is 7.11 Å². The van der Waals surface area contributed by atoms with Gasteiger partial charge in [0.1, 0.15) is 0 Å². The third-order valence-electron chi connectivity index (χ3n) is 1.11. The van der Waals surface area contributed by atoms with Crippen molar-refractivity contribution >= 4 is 11.1 Å². The van der Waals surface area contributed by atoms with E-state index >= 15 is 0 Å². The molecule has 0 aliphatic rings. The maximum absolute atomic E-state index is 10.3. The molecule has 0 N–H and O–H groups in total. The molecule has 1 atom stereocenters. The first kappa shape index (κ1) is 8.16. The average Bonchev–Trinajstić information content (AvgIpc) is 2.05. The third-order valence-corrected chi connectivity index (χ3v) is 1.74. The Hall–Kier alpha value is -0.940. The predicted octanol–water partition coefficient (Wildman–Crippen LogP) is 0.328. The second-order valence-electron chi connectivity index (χ2n) is 1.77. The topological polar surface area (TPSA) is 62.2 Å². The van der Waals surface area contributed by atoms with Crippen molar-refractivity contribution in [1.82, 2.24) is 4.98 Å². The highest BCUT2D eigenvalue weighted by molar-refractivity contribution is 7.79. The molecule has 0 saturated carbocycles. The number of aromatic nitrogens is 1. The van der Waals surface area contributed by atoms with Crippen molar-refractivity contribution in [3.8, 4) is 5.88 Å². The first-order valence-corrected chi connectivity index (χ1v) is 3.91. The van der Waals surface area contributed by atoms with Gasteiger partial charge in [-0.3, -0.25) is 4.21 Å². The monoisotopic (exact) mass is 172 g/mol. The zero-order valence-corrected chi connectivity index (χ0v) is 6.63. The summed E-state index contributed by atoms with van der Waals surface area (Å²) in [5, 5.41) is 0. The molecule has 5 heteroatoms. The van der Waals surface area contributed by atoms with Crippen molar-refractivity contribution in [3.05, 3.63) is 18.3 Å². The minimum Gasteiger partial charge on any atom is -0.768 e. The fourth-order valence-electron chi connectivity index (χ4n) is 0.586. The maximum atomic E-state index is 10.3. The molecular weight excluding hydrogens is 166 g/mol. The van der Waals surface area contributed by atoms with Gasteiger partial charge in [0.25, 0.3) is 0 Å². The van der Waals surface area contributed by atoms with Crippen LogP contribution in [0.25, 0.3) is 0 Å². The highest BCUT2D eigenvalue weighted by atomic mass is 32.2.